The van der Waals surface area contributed by atoms with Gasteiger partial charge in [0.25, 0.3) is 0 Å². The Bertz CT molecular complexity index is 1820. The van der Waals surface area contributed by atoms with Gasteiger partial charge in [-0.1, -0.05) is 155 Å². The summed E-state index contributed by atoms with van der Waals surface area (Å²) in [6.07, 6.45) is 3.82. The second-order valence-corrected chi connectivity index (χ2v) is 35.9. The third-order valence-corrected chi connectivity index (χ3v) is 20.7. The van der Waals surface area contributed by atoms with E-state index in [2.05, 4.69) is 283 Å². The Labute approximate surface area is 471 Å². The molecular weight excluding hydrogens is 915 g/mol. The van der Waals surface area contributed by atoms with Crippen LogP contribution in [0, 0.1) is 55.7 Å². The molecule has 5 saturated heterocycles. The van der Waals surface area contributed by atoms with Crippen LogP contribution in [0.3, 0.4) is 0 Å². The van der Waals surface area contributed by atoms with Gasteiger partial charge in [-0.25, -0.2) is 0 Å². The van der Waals surface area contributed by atoms with Gasteiger partial charge in [0.05, 0.1) is 6.10 Å². The maximum atomic E-state index is 10.0. The predicted molar refractivity (Wildman–Crippen MR) is 334 cm³/mol. The second kappa shape index (κ2) is 24.2. The van der Waals surface area contributed by atoms with Crippen LogP contribution in [0.5, 0.6) is 0 Å². The van der Waals surface area contributed by atoms with Crippen molar-refractivity contribution < 1.29 is 5.11 Å². The number of aliphatic hydroxyl groups excluding tert-OH is 1. The molecule has 0 saturated carbocycles. The van der Waals surface area contributed by atoms with E-state index in [9.17, 15) is 5.11 Å². The highest BCUT2D eigenvalue weighted by Crippen LogP contribution is 2.52. The Morgan fingerprint density at radius 2 is 0.867 bits per heavy atom. The SMILES string of the molecule is CC(C)(C)C1CCN(C(C)(C)C)C1.CC(C)(C)C1CN(C(C)(C)C)CC1O.CC(C)(C)N1CCC(C)(C(C)(C)C)C1.CC(C)(C)N1CCC(c2ccccc2)(C(C)(C)C)C1.CC1CN(C(C)(C)C)CC1(C)C(C)(C)C. The minimum absolute atomic E-state index is 0.158. The summed E-state index contributed by atoms with van der Waals surface area (Å²) in [5, 5.41) is 10.0. The van der Waals surface area contributed by atoms with E-state index >= 15 is 0 Å². The summed E-state index contributed by atoms with van der Waals surface area (Å²) < 4.78 is 0. The Balaban J connectivity index is 0.000000323. The van der Waals surface area contributed by atoms with Crippen molar-refractivity contribution in [1.29, 1.82) is 0 Å². The number of aliphatic hydroxyl groups is 1. The van der Waals surface area contributed by atoms with Crippen molar-refractivity contribution >= 4 is 0 Å². The Morgan fingerprint density at radius 1 is 0.427 bits per heavy atom. The molecular formula is C69H135N5O. The van der Waals surface area contributed by atoms with Crippen LogP contribution in [-0.2, 0) is 5.41 Å². The third kappa shape index (κ3) is 18.8. The highest BCUT2D eigenvalue weighted by Gasteiger charge is 2.52. The first-order chi connectivity index (χ1) is 33.0. The molecule has 6 heteroatoms. The monoisotopic (exact) mass is 1050 g/mol. The molecule has 0 spiro atoms. The molecule has 7 unspecified atom stereocenters. The lowest BCUT2D eigenvalue weighted by Gasteiger charge is -2.44. The van der Waals surface area contributed by atoms with E-state index in [1.54, 1.807) is 0 Å². The van der Waals surface area contributed by atoms with Gasteiger partial charge < -0.3 is 5.11 Å². The van der Waals surface area contributed by atoms with Crippen LogP contribution >= 0.6 is 0 Å². The van der Waals surface area contributed by atoms with Gasteiger partial charge in [-0.15, -0.1) is 0 Å². The van der Waals surface area contributed by atoms with Gasteiger partial charge in [-0.2, -0.15) is 0 Å². The first-order valence-corrected chi connectivity index (χ1v) is 30.5. The molecule has 75 heavy (non-hydrogen) atoms. The zero-order chi connectivity index (χ0) is 59.0. The van der Waals surface area contributed by atoms with Crippen molar-refractivity contribution in [2.45, 2.75) is 287 Å². The van der Waals surface area contributed by atoms with E-state index < -0.39 is 0 Å². The fourth-order valence-corrected chi connectivity index (χ4v) is 12.5. The minimum atomic E-state index is -0.158. The highest BCUT2D eigenvalue weighted by molar-refractivity contribution is 5.31. The summed E-state index contributed by atoms with van der Waals surface area (Å²) in [4.78, 5) is 12.9. The number of benzene rings is 1. The maximum absolute atomic E-state index is 10.0. The average molecular weight is 1050 g/mol. The molecule has 0 bridgehead atoms. The Kier molecular flexibility index (Phi) is 22.6. The Morgan fingerprint density at radius 3 is 1.13 bits per heavy atom. The number of likely N-dealkylation sites (tertiary alicyclic amines) is 5. The second-order valence-electron chi connectivity index (χ2n) is 35.9. The first-order valence-electron chi connectivity index (χ1n) is 30.5. The molecule has 5 aliphatic heterocycles. The van der Waals surface area contributed by atoms with Gasteiger partial charge >= 0.3 is 0 Å². The van der Waals surface area contributed by atoms with Crippen LogP contribution in [0.4, 0.5) is 0 Å². The van der Waals surface area contributed by atoms with Gasteiger partial charge in [0.15, 0.2) is 0 Å². The lowest BCUT2D eigenvalue weighted by atomic mass is 9.62. The van der Waals surface area contributed by atoms with Gasteiger partial charge in [0, 0.05) is 84.8 Å². The van der Waals surface area contributed by atoms with Crippen molar-refractivity contribution in [3.05, 3.63) is 35.9 Å². The van der Waals surface area contributed by atoms with Gasteiger partial charge in [-0.05, 0) is 198 Å². The molecule has 0 radical (unpaired) electrons. The predicted octanol–water partition coefficient (Wildman–Crippen LogP) is 17.1. The summed E-state index contributed by atoms with van der Waals surface area (Å²) in [5.74, 6) is 2.07. The first kappa shape index (κ1) is 70.1. The number of hydrogen-bond donors (Lipinski definition) is 1. The zero-order valence-electron chi connectivity index (χ0n) is 57.1. The van der Waals surface area contributed by atoms with Crippen LogP contribution < -0.4 is 0 Å². The molecule has 0 amide bonds. The maximum Gasteiger partial charge on any atom is 0.0712 e. The minimum Gasteiger partial charge on any atom is -0.391 e. The van der Waals surface area contributed by atoms with Gasteiger partial charge in [-0.3, -0.25) is 24.5 Å². The number of rotatable bonds is 1. The number of nitrogens with zero attached hydrogens (tertiary/aromatic N) is 5. The standard InChI is InChI=1S/C18H29N.C14H29N.C13H27N.C12H25NO.C12H25N/c1-16(2,3)18(15-10-8-7-9-11-15)12-13-19(14-18)17(4,5)6;1-11-9-15(13(5,6)7)10-14(11,8)12(2,3)4;1-11(2,3)13(7)8-9-14(10-13)12(4,5)6;1-11(2,3)9-7-13(8-10(9)14)12(4,5)6;1-11(2,3)10-7-8-13(9-10)12(4,5)6/h7-11H,12-14H2,1-6H3;11H,9-10H2,1-8H3;8-10H2,1-7H3;9-10,14H,7-8H2,1-6H3;10H,7-9H2,1-6H3. The molecule has 6 rings (SSSR count). The van der Waals surface area contributed by atoms with Crippen molar-refractivity contribution in [3.8, 4) is 0 Å². The topological polar surface area (TPSA) is 36.4 Å². The van der Waals surface area contributed by atoms with Crippen LogP contribution in [0.25, 0.3) is 0 Å². The summed E-state index contributed by atoms with van der Waals surface area (Å²) in [5.41, 5.74) is 5.98. The quantitative estimate of drug-likeness (QED) is 0.302. The van der Waals surface area contributed by atoms with E-state index in [0.29, 0.717) is 49.6 Å². The molecule has 6 nitrogen and oxygen atoms in total. The van der Waals surface area contributed by atoms with Crippen molar-refractivity contribution in [2.24, 2.45) is 55.7 Å². The molecule has 5 fully saturated rings. The van der Waals surface area contributed by atoms with Gasteiger partial charge in [0.2, 0.25) is 0 Å². The summed E-state index contributed by atoms with van der Waals surface area (Å²) in [7, 11) is 0. The Hall–Kier alpha value is -1.02. The molecule has 1 aromatic rings. The van der Waals surface area contributed by atoms with Crippen molar-refractivity contribution in [2.75, 3.05) is 65.4 Å². The van der Waals surface area contributed by atoms with Crippen LogP contribution in [0.15, 0.2) is 30.3 Å². The molecule has 5 heterocycles. The normalized spacial score (nSPS) is 29.7. The van der Waals surface area contributed by atoms with Crippen LogP contribution in [-0.4, -0.2) is 129 Å². The summed E-state index contributed by atoms with van der Waals surface area (Å²) >= 11 is 0. The molecule has 7 atom stereocenters. The lowest BCUT2D eigenvalue weighted by Crippen LogP contribution is -2.46. The van der Waals surface area contributed by atoms with E-state index in [1.807, 2.05) is 0 Å². The van der Waals surface area contributed by atoms with E-state index in [1.165, 1.54) is 77.2 Å². The van der Waals surface area contributed by atoms with Gasteiger partial charge in [0.1, 0.15) is 0 Å². The van der Waals surface area contributed by atoms with E-state index in [-0.39, 0.29) is 33.4 Å². The summed E-state index contributed by atoms with van der Waals surface area (Å²) in [6, 6.07) is 11.1. The van der Waals surface area contributed by atoms with Crippen LogP contribution in [0.1, 0.15) is 253 Å². The smallest absolute Gasteiger partial charge is 0.0712 e. The summed E-state index contributed by atoms with van der Waals surface area (Å²) in [6.45, 7) is 88.8. The zero-order valence-corrected chi connectivity index (χ0v) is 57.1. The molecule has 442 valence electrons. The number of hydrogen-bond acceptors (Lipinski definition) is 6. The molecule has 0 aromatic heterocycles. The lowest BCUT2D eigenvalue weighted by molar-refractivity contribution is 0.0663. The highest BCUT2D eigenvalue weighted by atomic mass is 16.3. The van der Waals surface area contributed by atoms with Crippen molar-refractivity contribution in [1.82, 2.24) is 24.5 Å². The largest absolute Gasteiger partial charge is 0.391 e. The fraction of sp³-hybridized carbons (Fsp3) is 0.913. The average Bonchev–Trinajstić information content (AvgIpc) is 4.04. The van der Waals surface area contributed by atoms with Crippen molar-refractivity contribution in [3.63, 3.8) is 0 Å². The third-order valence-electron chi connectivity index (χ3n) is 20.7. The fourth-order valence-electron chi connectivity index (χ4n) is 12.5. The molecule has 1 N–H and O–H groups in total. The van der Waals surface area contributed by atoms with E-state index in [0.717, 1.165) is 24.9 Å². The number of β-amino-alcohol motifs (C(OH)–C–C–N with tert-alkyl or cyclic N) is 1. The van der Waals surface area contributed by atoms with E-state index in [4.69, 9.17) is 0 Å². The molecule has 5 aliphatic rings. The molecule has 1 aromatic carbocycles. The molecule has 0 aliphatic carbocycles. The van der Waals surface area contributed by atoms with Crippen LogP contribution in [0.2, 0.25) is 0 Å².